The van der Waals surface area contributed by atoms with Crippen LogP contribution in [-0.2, 0) is 0 Å². The monoisotopic (exact) mass is 491 g/mol. The Labute approximate surface area is 210 Å². The van der Waals surface area contributed by atoms with E-state index in [-0.39, 0.29) is 17.2 Å². The maximum absolute atomic E-state index is 14.8. The van der Waals surface area contributed by atoms with Gasteiger partial charge in [0.05, 0.1) is 12.8 Å². The number of ether oxygens (including phenoxy) is 3. The number of nitrogens with zero attached hydrogens (tertiary/aromatic N) is 1. The van der Waals surface area contributed by atoms with Gasteiger partial charge in [-0.05, 0) is 74.8 Å². The first-order chi connectivity index (χ1) is 17.4. The summed E-state index contributed by atoms with van der Waals surface area (Å²) in [6.07, 6.45) is 5.56. The molecule has 7 nitrogen and oxygen atoms in total. The average molecular weight is 492 g/mol. The number of hydrogen-bond donors (Lipinski definition) is 2. The van der Waals surface area contributed by atoms with Crippen molar-refractivity contribution in [3.63, 3.8) is 0 Å². The molecule has 2 unspecified atom stereocenters. The first-order valence-corrected chi connectivity index (χ1v) is 12.1. The number of piperidine rings is 1. The Balaban J connectivity index is 1.23. The smallest absolute Gasteiger partial charge is 0.255 e. The second kappa shape index (κ2) is 9.70. The Morgan fingerprint density at radius 3 is 2.56 bits per heavy atom. The van der Waals surface area contributed by atoms with Crippen molar-refractivity contribution in [2.24, 2.45) is 0 Å². The number of hydrogen-bond acceptors (Lipinski definition) is 6. The van der Waals surface area contributed by atoms with Gasteiger partial charge < -0.3 is 25.3 Å². The van der Waals surface area contributed by atoms with E-state index in [1.807, 2.05) is 0 Å². The minimum atomic E-state index is -0.620. The normalized spacial score (nSPS) is 21.1. The standard InChI is InChI=1S/C28H30FN3O4/c1-32-20-4-3-14-28(32,15-13-20)36-21-8-5-18(6-9-21)27(33)31-24-11-10-22(17-23(24)29)35-25-12-7-19(30)16-26(25)34-2/h5-12,16-17,20H,3-4,13-15,30H2,1-2H3,(H,31,33). The summed E-state index contributed by atoms with van der Waals surface area (Å²) in [6.45, 7) is 0. The zero-order chi connectivity index (χ0) is 25.3. The second-order valence-electron chi connectivity index (χ2n) is 9.38. The number of nitrogens with one attached hydrogen (secondary N) is 1. The van der Waals surface area contributed by atoms with Crippen molar-refractivity contribution >= 4 is 17.3 Å². The predicted octanol–water partition coefficient (Wildman–Crippen LogP) is 5.81. The molecule has 2 saturated heterocycles. The van der Waals surface area contributed by atoms with Gasteiger partial charge in [-0.25, -0.2) is 4.39 Å². The van der Waals surface area contributed by atoms with Gasteiger partial charge in [-0.15, -0.1) is 0 Å². The zero-order valence-electron chi connectivity index (χ0n) is 20.4. The van der Waals surface area contributed by atoms with Crippen molar-refractivity contribution in [3.05, 3.63) is 72.0 Å². The van der Waals surface area contributed by atoms with Crippen molar-refractivity contribution in [1.82, 2.24) is 4.90 Å². The Morgan fingerprint density at radius 1 is 1.03 bits per heavy atom. The van der Waals surface area contributed by atoms with Crippen LogP contribution < -0.4 is 25.3 Å². The number of benzene rings is 3. The molecule has 0 saturated carbocycles. The Hall–Kier alpha value is -3.78. The van der Waals surface area contributed by atoms with Gasteiger partial charge in [-0.3, -0.25) is 9.69 Å². The van der Waals surface area contributed by atoms with Crippen LogP contribution in [0.15, 0.2) is 60.7 Å². The number of carbonyl (C=O) groups excluding carboxylic acids is 1. The van der Waals surface area contributed by atoms with E-state index < -0.39 is 11.7 Å². The number of amides is 1. The van der Waals surface area contributed by atoms with Gasteiger partial charge in [0, 0.05) is 42.3 Å². The fraction of sp³-hybridized carbons (Fsp3) is 0.321. The molecular weight excluding hydrogens is 461 g/mol. The molecule has 0 radical (unpaired) electrons. The number of halogens is 1. The summed E-state index contributed by atoms with van der Waals surface area (Å²) in [4.78, 5) is 15.1. The van der Waals surface area contributed by atoms with Crippen molar-refractivity contribution in [1.29, 1.82) is 0 Å². The van der Waals surface area contributed by atoms with Gasteiger partial charge in [0.1, 0.15) is 17.3 Å². The minimum absolute atomic E-state index is 0.0525. The second-order valence-corrected chi connectivity index (χ2v) is 9.38. The molecule has 0 spiro atoms. The highest BCUT2D eigenvalue weighted by molar-refractivity contribution is 6.04. The van der Waals surface area contributed by atoms with E-state index in [1.54, 1.807) is 48.5 Å². The summed E-state index contributed by atoms with van der Waals surface area (Å²) in [6, 6.07) is 16.7. The lowest BCUT2D eigenvalue weighted by molar-refractivity contribution is -0.0823. The summed E-state index contributed by atoms with van der Waals surface area (Å²) in [5.74, 6) is 0.789. The quantitative estimate of drug-likeness (QED) is 0.406. The summed E-state index contributed by atoms with van der Waals surface area (Å²) >= 11 is 0. The van der Waals surface area contributed by atoms with Gasteiger partial charge in [-0.1, -0.05) is 0 Å². The van der Waals surface area contributed by atoms with E-state index >= 15 is 0 Å². The molecule has 2 heterocycles. The summed E-state index contributed by atoms with van der Waals surface area (Å²) in [7, 11) is 3.63. The third-order valence-corrected chi connectivity index (χ3v) is 7.19. The summed E-state index contributed by atoms with van der Waals surface area (Å²) in [5, 5.41) is 2.62. The third kappa shape index (κ3) is 4.68. The van der Waals surface area contributed by atoms with E-state index in [1.165, 1.54) is 32.1 Å². The van der Waals surface area contributed by atoms with Crippen molar-refractivity contribution in [2.75, 3.05) is 25.2 Å². The lowest BCUT2D eigenvalue weighted by atomic mass is 10.0. The largest absolute Gasteiger partial charge is 0.493 e. The number of rotatable bonds is 7. The van der Waals surface area contributed by atoms with Gasteiger partial charge in [-0.2, -0.15) is 0 Å². The molecule has 3 N–H and O–H groups in total. The molecule has 2 atom stereocenters. The zero-order valence-corrected chi connectivity index (χ0v) is 20.4. The molecule has 0 aliphatic carbocycles. The number of methoxy groups -OCH3 is 1. The molecule has 3 aromatic carbocycles. The molecule has 2 aliphatic heterocycles. The van der Waals surface area contributed by atoms with Crippen LogP contribution >= 0.6 is 0 Å². The maximum atomic E-state index is 14.8. The molecule has 5 rings (SSSR count). The first-order valence-electron chi connectivity index (χ1n) is 12.1. The molecule has 36 heavy (non-hydrogen) atoms. The van der Waals surface area contributed by atoms with Crippen LogP contribution in [0.5, 0.6) is 23.0 Å². The number of nitrogen functional groups attached to an aromatic ring is 1. The lowest BCUT2D eigenvalue weighted by Crippen LogP contribution is -2.51. The molecule has 8 heteroatoms. The van der Waals surface area contributed by atoms with Gasteiger partial charge in [0.15, 0.2) is 17.2 Å². The topological polar surface area (TPSA) is 86.1 Å². The van der Waals surface area contributed by atoms with Crippen LogP contribution in [0.4, 0.5) is 15.8 Å². The molecule has 3 aromatic rings. The van der Waals surface area contributed by atoms with E-state index in [0.29, 0.717) is 28.8 Å². The molecule has 188 valence electrons. The van der Waals surface area contributed by atoms with Crippen LogP contribution in [0.1, 0.15) is 42.5 Å². The SMILES string of the molecule is COc1cc(N)ccc1Oc1ccc(NC(=O)c2ccc(OC34CCCC(CC3)N4C)cc2)c(F)c1. The van der Waals surface area contributed by atoms with Crippen molar-refractivity contribution in [3.8, 4) is 23.0 Å². The van der Waals surface area contributed by atoms with Crippen molar-refractivity contribution in [2.45, 2.75) is 43.9 Å². The number of carbonyl (C=O) groups is 1. The predicted molar refractivity (Wildman–Crippen MR) is 136 cm³/mol. The molecule has 2 fully saturated rings. The van der Waals surface area contributed by atoms with Gasteiger partial charge in [0.25, 0.3) is 5.91 Å². The molecule has 2 aliphatic rings. The van der Waals surface area contributed by atoms with Crippen molar-refractivity contribution < 1.29 is 23.4 Å². The summed E-state index contributed by atoms with van der Waals surface area (Å²) in [5.41, 5.74) is 6.49. The van der Waals surface area contributed by atoms with Crippen LogP contribution in [0.25, 0.3) is 0 Å². The van der Waals surface area contributed by atoms with E-state index in [0.717, 1.165) is 25.0 Å². The lowest BCUT2D eigenvalue weighted by Gasteiger charge is -2.42. The number of fused-ring (bicyclic) bond motifs is 2. The highest BCUT2D eigenvalue weighted by atomic mass is 19.1. The van der Waals surface area contributed by atoms with E-state index in [2.05, 4.69) is 17.3 Å². The minimum Gasteiger partial charge on any atom is -0.493 e. The Kier molecular flexibility index (Phi) is 6.45. The average Bonchev–Trinajstić information content (AvgIpc) is 3.03. The Morgan fingerprint density at radius 2 is 1.81 bits per heavy atom. The van der Waals surface area contributed by atoms with E-state index in [9.17, 15) is 9.18 Å². The summed E-state index contributed by atoms with van der Waals surface area (Å²) < 4.78 is 32.1. The number of anilines is 2. The maximum Gasteiger partial charge on any atom is 0.255 e. The van der Waals surface area contributed by atoms with Crippen LogP contribution in [0.2, 0.25) is 0 Å². The van der Waals surface area contributed by atoms with Crippen LogP contribution in [0.3, 0.4) is 0 Å². The first kappa shape index (κ1) is 23.9. The Bertz CT molecular complexity index is 1260. The third-order valence-electron chi connectivity index (χ3n) is 7.19. The highest BCUT2D eigenvalue weighted by Crippen LogP contribution is 2.44. The highest BCUT2D eigenvalue weighted by Gasteiger charge is 2.48. The molecule has 2 bridgehead atoms. The molecular formula is C28H30FN3O4. The fourth-order valence-corrected chi connectivity index (χ4v) is 5.17. The number of nitrogens with two attached hydrogens (primary N) is 1. The van der Waals surface area contributed by atoms with Crippen LogP contribution in [-0.4, -0.2) is 36.7 Å². The van der Waals surface area contributed by atoms with Gasteiger partial charge >= 0.3 is 0 Å². The fourth-order valence-electron chi connectivity index (χ4n) is 5.17. The van der Waals surface area contributed by atoms with Gasteiger partial charge in [0.2, 0.25) is 0 Å². The van der Waals surface area contributed by atoms with E-state index in [4.69, 9.17) is 19.9 Å². The van der Waals surface area contributed by atoms with Crippen LogP contribution in [0, 0.1) is 5.82 Å². The molecule has 0 aromatic heterocycles. The molecule has 1 amide bonds.